The third-order valence-electron chi connectivity index (χ3n) is 5.74. The number of hydrogen-bond acceptors (Lipinski definition) is 4. The summed E-state index contributed by atoms with van der Waals surface area (Å²) in [6, 6.07) is 0. The van der Waals surface area contributed by atoms with Gasteiger partial charge in [0.2, 0.25) is 0 Å². The SMILES string of the molecule is COC(=O)[C@]1(O)CC[C@@H]2C(=C(C)C)CC[C@]23CO[C@H]1C3. The lowest BCUT2D eigenvalue weighted by Crippen LogP contribution is -2.49. The van der Waals surface area contributed by atoms with Crippen molar-refractivity contribution in [1.29, 1.82) is 0 Å². The van der Waals surface area contributed by atoms with Crippen LogP contribution in [-0.2, 0) is 14.3 Å². The second kappa shape index (κ2) is 4.57. The fourth-order valence-corrected chi connectivity index (χ4v) is 4.59. The molecular formula is C16H24O4. The molecule has 0 unspecified atom stereocenters. The third-order valence-corrected chi connectivity index (χ3v) is 5.74. The number of esters is 1. The molecule has 2 aliphatic carbocycles. The second-order valence-electron chi connectivity index (χ2n) is 6.90. The molecule has 1 saturated heterocycles. The molecule has 0 aromatic heterocycles. The third kappa shape index (κ3) is 1.77. The lowest BCUT2D eigenvalue weighted by Gasteiger charge is -2.32. The largest absolute Gasteiger partial charge is 0.467 e. The highest BCUT2D eigenvalue weighted by Crippen LogP contribution is 2.59. The molecule has 0 aromatic rings. The van der Waals surface area contributed by atoms with Gasteiger partial charge in [0, 0.05) is 5.41 Å². The van der Waals surface area contributed by atoms with Gasteiger partial charge in [-0.2, -0.15) is 0 Å². The first kappa shape index (κ1) is 14.1. The Hall–Kier alpha value is -0.870. The van der Waals surface area contributed by atoms with Crippen molar-refractivity contribution >= 4 is 5.97 Å². The molecule has 1 spiro atoms. The van der Waals surface area contributed by atoms with E-state index in [1.807, 2.05) is 0 Å². The minimum absolute atomic E-state index is 0.135. The van der Waals surface area contributed by atoms with Gasteiger partial charge in [-0.1, -0.05) is 11.1 Å². The van der Waals surface area contributed by atoms with E-state index in [2.05, 4.69) is 13.8 Å². The van der Waals surface area contributed by atoms with Crippen molar-refractivity contribution in [2.45, 2.75) is 57.7 Å². The molecule has 0 amide bonds. The number of carbonyl (C=O) groups is 1. The number of aliphatic hydroxyl groups is 1. The van der Waals surface area contributed by atoms with Crippen LogP contribution in [0.25, 0.3) is 0 Å². The Labute approximate surface area is 120 Å². The molecule has 3 fully saturated rings. The number of allylic oxidation sites excluding steroid dienone is 2. The van der Waals surface area contributed by atoms with E-state index in [0.717, 1.165) is 25.7 Å². The number of hydrogen-bond donors (Lipinski definition) is 1. The lowest BCUT2D eigenvalue weighted by atomic mass is 9.74. The zero-order chi connectivity index (χ0) is 14.5. The van der Waals surface area contributed by atoms with Crippen LogP contribution in [0, 0.1) is 11.3 Å². The normalized spacial score (nSPS) is 43.1. The minimum atomic E-state index is -1.46. The van der Waals surface area contributed by atoms with Gasteiger partial charge in [-0.25, -0.2) is 4.79 Å². The summed E-state index contributed by atoms with van der Waals surface area (Å²) in [5.41, 5.74) is 1.58. The maximum Gasteiger partial charge on any atom is 0.340 e. The van der Waals surface area contributed by atoms with Crippen LogP contribution >= 0.6 is 0 Å². The molecule has 112 valence electrons. The highest BCUT2D eigenvalue weighted by Gasteiger charge is 2.60. The van der Waals surface area contributed by atoms with E-state index in [9.17, 15) is 9.90 Å². The van der Waals surface area contributed by atoms with Gasteiger partial charge < -0.3 is 14.6 Å². The van der Waals surface area contributed by atoms with Crippen molar-refractivity contribution in [2.24, 2.45) is 11.3 Å². The average Bonchev–Trinajstić information content (AvgIpc) is 2.97. The summed E-state index contributed by atoms with van der Waals surface area (Å²) >= 11 is 0. The number of methoxy groups -OCH3 is 1. The zero-order valence-corrected chi connectivity index (χ0v) is 12.6. The van der Waals surface area contributed by atoms with Crippen LogP contribution < -0.4 is 0 Å². The van der Waals surface area contributed by atoms with Gasteiger partial charge in [-0.3, -0.25) is 0 Å². The van der Waals surface area contributed by atoms with Gasteiger partial charge in [0.25, 0.3) is 0 Å². The molecule has 0 aromatic carbocycles. The first-order valence-corrected chi connectivity index (χ1v) is 7.51. The van der Waals surface area contributed by atoms with Crippen LogP contribution in [0.2, 0.25) is 0 Å². The fraction of sp³-hybridized carbons (Fsp3) is 0.812. The summed E-state index contributed by atoms with van der Waals surface area (Å²) in [4.78, 5) is 12.0. The highest BCUT2D eigenvalue weighted by molar-refractivity contribution is 5.80. The molecule has 1 N–H and O–H groups in total. The standard InChI is InChI=1S/C16H24O4/c1-10(2)11-4-6-15-8-13(20-9-15)16(18,14(17)19-3)7-5-12(11)15/h12-13,18H,4-9H2,1-3H3/t12-,13+,15+,16+/m1/s1. The Bertz CT molecular complexity index is 465. The number of ether oxygens (including phenoxy) is 2. The molecule has 4 nitrogen and oxygen atoms in total. The number of fused-ring (bicyclic) bond motifs is 1. The van der Waals surface area contributed by atoms with Crippen molar-refractivity contribution < 1.29 is 19.4 Å². The molecule has 2 bridgehead atoms. The van der Waals surface area contributed by atoms with Gasteiger partial charge in [0.15, 0.2) is 5.60 Å². The summed E-state index contributed by atoms with van der Waals surface area (Å²) in [7, 11) is 1.33. The predicted octanol–water partition coefficient (Wildman–Crippen LogP) is 2.21. The van der Waals surface area contributed by atoms with Gasteiger partial charge >= 0.3 is 5.97 Å². The Kier molecular flexibility index (Phi) is 3.22. The Morgan fingerprint density at radius 1 is 1.40 bits per heavy atom. The first-order chi connectivity index (χ1) is 9.43. The zero-order valence-electron chi connectivity index (χ0n) is 12.6. The maximum absolute atomic E-state index is 12.0. The second-order valence-corrected chi connectivity index (χ2v) is 6.90. The average molecular weight is 280 g/mol. The van der Waals surface area contributed by atoms with Crippen LogP contribution in [0.4, 0.5) is 0 Å². The molecule has 3 rings (SSSR count). The maximum atomic E-state index is 12.0. The molecule has 20 heavy (non-hydrogen) atoms. The Morgan fingerprint density at radius 2 is 2.15 bits per heavy atom. The molecule has 4 heteroatoms. The van der Waals surface area contributed by atoms with Crippen molar-refractivity contribution in [1.82, 2.24) is 0 Å². The van der Waals surface area contributed by atoms with Crippen LogP contribution in [0.5, 0.6) is 0 Å². The number of rotatable bonds is 1. The monoisotopic (exact) mass is 280 g/mol. The van der Waals surface area contributed by atoms with Crippen molar-refractivity contribution in [3.05, 3.63) is 11.1 Å². The van der Waals surface area contributed by atoms with Gasteiger partial charge in [0.05, 0.1) is 19.8 Å². The van der Waals surface area contributed by atoms with Crippen molar-refractivity contribution in [3.63, 3.8) is 0 Å². The fourth-order valence-electron chi connectivity index (χ4n) is 4.59. The summed E-state index contributed by atoms with van der Waals surface area (Å²) in [6.07, 6.45) is 3.92. The molecule has 1 aliphatic heterocycles. The van der Waals surface area contributed by atoms with Crippen LogP contribution in [-0.4, -0.2) is 36.5 Å². The first-order valence-electron chi connectivity index (χ1n) is 7.51. The summed E-state index contributed by atoms with van der Waals surface area (Å²) in [5.74, 6) is -0.0885. The number of carbonyl (C=O) groups excluding carboxylic acids is 1. The van der Waals surface area contributed by atoms with Gasteiger partial charge in [-0.05, 0) is 51.9 Å². The van der Waals surface area contributed by atoms with Crippen LogP contribution in [0.1, 0.15) is 46.0 Å². The van der Waals surface area contributed by atoms with Crippen LogP contribution in [0.15, 0.2) is 11.1 Å². The predicted molar refractivity (Wildman–Crippen MR) is 74.1 cm³/mol. The highest BCUT2D eigenvalue weighted by atomic mass is 16.6. The van der Waals surface area contributed by atoms with E-state index in [4.69, 9.17) is 9.47 Å². The molecule has 0 radical (unpaired) electrons. The lowest BCUT2D eigenvalue weighted by molar-refractivity contribution is -0.178. The molecule has 2 saturated carbocycles. The minimum Gasteiger partial charge on any atom is -0.467 e. The van der Waals surface area contributed by atoms with Gasteiger partial charge in [-0.15, -0.1) is 0 Å². The molecular weight excluding hydrogens is 256 g/mol. The van der Waals surface area contributed by atoms with Crippen LogP contribution in [0.3, 0.4) is 0 Å². The Morgan fingerprint density at radius 3 is 2.80 bits per heavy atom. The molecule has 4 atom stereocenters. The molecule has 3 aliphatic rings. The van der Waals surface area contributed by atoms with E-state index in [1.54, 1.807) is 0 Å². The van der Waals surface area contributed by atoms with E-state index in [0.29, 0.717) is 18.9 Å². The summed E-state index contributed by atoms with van der Waals surface area (Å²) < 4.78 is 10.7. The molecule has 1 heterocycles. The van der Waals surface area contributed by atoms with E-state index in [-0.39, 0.29) is 5.41 Å². The van der Waals surface area contributed by atoms with Crippen molar-refractivity contribution in [2.75, 3.05) is 13.7 Å². The van der Waals surface area contributed by atoms with E-state index >= 15 is 0 Å². The summed E-state index contributed by atoms with van der Waals surface area (Å²) in [6.45, 7) is 5.00. The smallest absolute Gasteiger partial charge is 0.340 e. The summed E-state index contributed by atoms with van der Waals surface area (Å²) in [5, 5.41) is 10.8. The van der Waals surface area contributed by atoms with Crippen molar-refractivity contribution in [3.8, 4) is 0 Å². The van der Waals surface area contributed by atoms with E-state index in [1.165, 1.54) is 18.3 Å². The van der Waals surface area contributed by atoms with Gasteiger partial charge in [0.1, 0.15) is 0 Å². The quantitative estimate of drug-likeness (QED) is 0.591. The van der Waals surface area contributed by atoms with E-state index < -0.39 is 17.7 Å². The topological polar surface area (TPSA) is 55.8 Å². The Balaban J connectivity index is 1.96.